The number of nitrogens with zero attached hydrogens (tertiary/aromatic N) is 2. The number of fused-ring (bicyclic) bond motifs is 1. The third-order valence-corrected chi connectivity index (χ3v) is 5.19. The second-order valence-electron chi connectivity index (χ2n) is 5.21. The lowest BCUT2D eigenvalue weighted by Gasteiger charge is -2.23. The number of thiophene rings is 1. The minimum absolute atomic E-state index is 0.459. The standard InChI is InChI=1S/C14H22N4OS2/c1-5-9-6-10-11(16-7-14(2,19)8-20-4)17-13(15-3)18-12(10)21-9/h6,19H,5,7-8H2,1-4H3,(H2,15,16,17,18). The topological polar surface area (TPSA) is 70.1 Å². The molecule has 2 aromatic heterocycles. The van der Waals surface area contributed by atoms with E-state index in [0.29, 0.717) is 18.2 Å². The molecule has 0 aliphatic heterocycles. The van der Waals surface area contributed by atoms with Gasteiger partial charge < -0.3 is 15.7 Å². The summed E-state index contributed by atoms with van der Waals surface area (Å²) in [5.41, 5.74) is -0.764. The van der Waals surface area contributed by atoms with Crippen LogP contribution < -0.4 is 10.6 Å². The van der Waals surface area contributed by atoms with Gasteiger partial charge in [0.25, 0.3) is 0 Å². The van der Waals surface area contributed by atoms with Gasteiger partial charge in [-0.3, -0.25) is 0 Å². The van der Waals surface area contributed by atoms with Crippen molar-refractivity contribution in [3.05, 3.63) is 10.9 Å². The molecule has 0 saturated carbocycles. The van der Waals surface area contributed by atoms with Gasteiger partial charge in [-0.25, -0.2) is 4.98 Å². The molecule has 0 bridgehead atoms. The van der Waals surface area contributed by atoms with E-state index in [1.807, 2.05) is 20.2 Å². The average Bonchev–Trinajstić information content (AvgIpc) is 2.87. The van der Waals surface area contributed by atoms with Gasteiger partial charge in [-0.1, -0.05) is 6.92 Å². The van der Waals surface area contributed by atoms with Crippen molar-refractivity contribution in [2.45, 2.75) is 25.9 Å². The van der Waals surface area contributed by atoms with Gasteiger partial charge in [0.05, 0.1) is 11.0 Å². The number of hydrogen-bond acceptors (Lipinski definition) is 7. The van der Waals surface area contributed by atoms with Crippen molar-refractivity contribution in [2.24, 2.45) is 0 Å². The Labute approximate surface area is 133 Å². The summed E-state index contributed by atoms with van der Waals surface area (Å²) < 4.78 is 0. The second kappa shape index (κ2) is 6.81. The van der Waals surface area contributed by atoms with E-state index in [0.717, 1.165) is 22.5 Å². The van der Waals surface area contributed by atoms with Crippen molar-refractivity contribution in [1.29, 1.82) is 0 Å². The second-order valence-corrected chi connectivity index (χ2v) is 7.20. The molecular formula is C14H22N4OS2. The van der Waals surface area contributed by atoms with Crippen LogP contribution in [0, 0.1) is 0 Å². The van der Waals surface area contributed by atoms with Gasteiger partial charge in [0, 0.05) is 24.2 Å². The Morgan fingerprint density at radius 3 is 2.81 bits per heavy atom. The smallest absolute Gasteiger partial charge is 0.225 e. The van der Waals surface area contributed by atoms with Gasteiger partial charge in [0.15, 0.2) is 0 Å². The summed E-state index contributed by atoms with van der Waals surface area (Å²) in [6.45, 7) is 4.42. The van der Waals surface area contributed by atoms with Crippen LogP contribution in [0.25, 0.3) is 10.2 Å². The third kappa shape index (κ3) is 3.99. The zero-order valence-corrected chi connectivity index (χ0v) is 14.5. The minimum atomic E-state index is -0.764. The van der Waals surface area contributed by atoms with Gasteiger partial charge in [0.1, 0.15) is 10.6 Å². The van der Waals surface area contributed by atoms with Crippen molar-refractivity contribution in [1.82, 2.24) is 9.97 Å². The molecule has 2 heterocycles. The van der Waals surface area contributed by atoms with Crippen molar-refractivity contribution >= 4 is 45.1 Å². The fourth-order valence-corrected chi connectivity index (χ4v) is 3.72. The predicted octanol–water partition coefficient (Wildman–Crippen LogP) is 2.82. The van der Waals surface area contributed by atoms with Crippen LogP contribution >= 0.6 is 23.1 Å². The number of anilines is 2. The molecule has 0 spiro atoms. The first-order valence-electron chi connectivity index (χ1n) is 6.92. The molecule has 3 N–H and O–H groups in total. The summed E-state index contributed by atoms with van der Waals surface area (Å²) in [5, 5.41) is 17.6. The number of aliphatic hydroxyl groups is 1. The molecule has 116 valence electrons. The average molecular weight is 326 g/mol. The van der Waals surface area contributed by atoms with E-state index >= 15 is 0 Å². The fourth-order valence-electron chi connectivity index (χ4n) is 2.03. The Morgan fingerprint density at radius 2 is 2.19 bits per heavy atom. The summed E-state index contributed by atoms with van der Waals surface area (Å²) in [7, 11) is 1.81. The maximum Gasteiger partial charge on any atom is 0.225 e. The van der Waals surface area contributed by atoms with Crippen molar-refractivity contribution in [3.8, 4) is 0 Å². The number of aromatic nitrogens is 2. The van der Waals surface area contributed by atoms with Gasteiger partial charge in [-0.2, -0.15) is 16.7 Å². The number of aryl methyl sites for hydroxylation is 1. The van der Waals surface area contributed by atoms with E-state index in [2.05, 4.69) is 33.6 Å². The Kier molecular flexibility index (Phi) is 5.29. The van der Waals surface area contributed by atoms with Gasteiger partial charge in [0.2, 0.25) is 5.95 Å². The van der Waals surface area contributed by atoms with E-state index in [1.54, 1.807) is 23.1 Å². The van der Waals surface area contributed by atoms with E-state index < -0.39 is 5.60 Å². The van der Waals surface area contributed by atoms with Gasteiger partial charge in [-0.15, -0.1) is 11.3 Å². The fraction of sp³-hybridized carbons (Fsp3) is 0.571. The first kappa shape index (κ1) is 16.3. The first-order chi connectivity index (χ1) is 9.99. The summed E-state index contributed by atoms with van der Waals surface area (Å²) in [5.74, 6) is 2.05. The summed E-state index contributed by atoms with van der Waals surface area (Å²) in [6, 6.07) is 2.13. The van der Waals surface area contributed by atoms with Crippen LogP contribution in [0.1, 0.15) is 18.7 Å². The highest BCUT2D eigenvalue weighted by Crippen LogP contribution is 2.30. The number of rotatable bonds is 7. The predicted molar refractivity (Wildman–Crippen MR) is 93.8 cm³/mol. The molecule has 1 unspecified atom stereocenters. The summed E-state index contributed by atoms with van der Waals surface area (Å²) in [4.78, 5) is 11.2. The van der Waals surface area contributed by atoms with Crippen molar-refractivity contribution in [2.75, 3.05) is 36.2 Å². The SMILES string of the molecule is CCc1cc2c(NCC(C)(O)CSC)nc(NC)nc2s1. The first-order valence-corrected chi connectivity index (χ1v) is 9.13. The van der Waals surface area contributed by atoms with Crippen LogP contribution in [-0.4, -0.2) is 46.3 Å². The summed E-state index contributed by atoms with van der Waals surface area (Å²) in [6.07, 6.45) is 2.97. The monoisotopic (exact) mass is 326 g/mol. The van der Waals surface area contributed by atoms with Gasteiger partial charge in [-0.05, 0) is 25.7 Å². The van der Waals surface area contributed by atoms with E-state index in [1.165, 1.54) is 4.88 Å². The lowest BCUT2D eigenvalue weighted by molar-refractivity contribution is 0.0996. The van der Waals surface area contributed by atoms with Crippen LogP contribution in [0.15, 0.2) is 6.07 Å². The summed E-state index contributed by atoms with van der Waals surface area (Å²) >= 11 is 3.32. The highest BCUT2D eigenvalue weighted by atomic mass is 32.2. The van der Waals surface area contributed by atoms with Crippen LogP contribution in [0.3, 0.4) is 0 Å². The molecule has 0 fully saturated rings. The van der Waals surface area contributed by atoms with Crippen molar-refractivity contribution in [3.63, 3.8) is 0 Å². The number of nitrogens with one attached hydrogen (secondary N) is 2. The Hall–Kier alpha value is -1.05. The van der Waals surface area contributed by atoms with Crippen LogP contribution in [0.5, 0.6) is 0 Å². The molecule has 0 radical (unpaired) electrons. The Bertz CT molecular complexity index is 612. The Balaban J connectivity index is 2.30. The highest BCUT2D eigenvalue weighted by molar-refractivity contribution is 7.98. The lowest BCUT2D eigenvalue weighted by atomic mass is 10.1. The molecule has 0 aliphatic rings. The van der Waals surface area contributed by atoms with E-state index in [4.69, 9.17) is 0 Å². The molecule has 7 heteroatoms. The lowest BCUT2D eigenvalue weighted by Crippen LogP contribution is -2.36. The third-order valence-electron chi connectivity index (χ3n) is 3.11. The van der Waals surface area contributed by atoms with Crippen LogP contribution in [0.2, 0.25) is 0 Å². The number of thioether (sulfide) groups is 1. The molecular weight excluding hydrogens is 304 g/mol. The molecule has 2 aromatic rings. The van der Waals surface area contributed by atoms with E-state index in [-0.39, 0.29) is 0 Å². The quantitative estimate of drug-likeness (QED) is 0.727. The molecule has 5 nitrogen and oxygen atoms in total. The normalized spacial score (nSPS) is 14.1. The van der Waals surface area contributed by atoms with Crippen LogP contribution in [-0.2, 0) is 6.42 Å². The maximum absolute atomic E-state index is 10.3. The zero-order valence-electron chi connectivity index (χ0n) is 12.9. The number of hydrogen-bond donors (Lipinski definition) is 3. The minimum Gasteiger partial charge on any atom is -0.387 e. The van der Waals surface area contributed by atoms with E-state index in [9.17, 15) is 5.11 Å². The molecule has 0 aliphatic carbocycles. The zero-order chi connectivity index (χ0) is 15.5. The highest BCUT2D eigenvalue weighted by Gasteiger charge is 2.20. The molecule has 0 aromatic carbocycles. The molecule has 21 heavy (non-hydrogen) atoms. The molecule has 2 rings (SSSR count). The maximum atomic E-state index is 10.3. The van der Waals surface area contributed by atoms with Crippen molar-refractivity contribution < 1.29 is 5.11 Å². The Morgan fingerprint density at radius 1 is 1.43 bits per heavy atom. The molecule has 0 amide bonds. The molecule has 0 saturated heterocycles. The van der Waals surface area contributed by atoms with Gasteiger partial charge >= 0.3 is 0 Å². The molecule has 1 atom stereocenters. The van der Waals surface area contributed by atoms with Crippen LogP contribution in [0.4, 0.5) is 11.8 Å². The largest absolute Gasteiger partial charge is 0.387 e.